The summed E-state index contributed by atoms with van der Waals surface area (Å²) in [6.07, 6.45) is 5.22. The topological polar surface area (TPSA) is 36.4 Å². The van der Waals surface area contributed by atoms with Crippen LogP contribution in [0.15, 0.2) is 29.3 Å². The van der Waals surface area contributed by atoms with Crippen LogP contribution in [-0.4, -0.2) is 19.0 Å². The molecule has 1 aromatic carbocycles. The number of aryl methyl sites for hydroxylation is 1. The van der Waals surface area contributed by atoms with E-state index in [1.165, 1.54) is 36.8 Å². The average molecular weight is 245 g/mol. The Kier molecular flexibility index (Phi) is 4.62. The van der Waals surface area contributed by atoms with Crippen molar-refractivity contribution in [2.24, 2.45) is 4.99 Å². The van der Waals surface area contributed by atoms with Gasteiger partial charge in [0, 0.05) is 19.6 Å². The Morgan fingerprint density at radius 2 is 1.89 bits per heavy atom. The monoisotopic (exact) mass is 245 g/mol. The number of hydrogen-bond acceptors (Lipinski definition) is 1. The van der Waals surface area contributed by atoms with E-state index in [1.54, 1.807) is 0 Å². The summed E-state index contributed by atoms with van der Waals surface area (Å²) in [7, 11) is 1.83. The first-order valence-electron chi connectivity index (χ1n) is 6.80. The Morgan fingerprint density at radius 1 is 1.22 bits per heavy atom. The molecule has 0 radical (unpaired) electrons. The van der Waals surface area contributed by atoms with E-state index in [9.17, 15) is 0 Å². The van der Waals surface area contributed by atoms with Gasteiger partial charge in [0.25, 0.3) is 0 Å². The number of nitrogens with zero attached hydrogens (tertiary/aromatic N) is 1. The van der Waals surface area contributed by atoms with Gasteiger partial charge >= 0.3 is 0 Å². The molecule has 0 saturated heterocycles. The van der Waals surface area contributed by atoms with E-state index in [1.807, 2.05) is 7.05 Å². The van der Waals surface area contributed by atoms with E-state index < -0.39 is 0 Å². The van der Waals surface area contributed by atoms with Gasteiger partial charge in [0.15, 0.2) is 5.96 Å². The van der Waals surface area contributed by atoms with Crippen molar-refractivity contribution in [1.29, 1.82) is 0 Å². The maximum absolute atomic E-state index is 4.28. The van der Waals surface area contributed by atoms with Crippen molar-refractivity contribution in [2.75, 3.05) is 7.05 Å². The fourth-order valence-corrected chi connectivity index (χ4v) is 2.35. The molecule has 18 heavy (non-hydrogen) atoms. The minimum Gasteiger partial charge on any atom is -0.354 e. The Balaban J connectivity index is 1.81. The van der Waals surface area contributed by atoms with Crippen molar-refractivity contribution in [3.63, 3.8) is 0 Å². The summed E-state index contributed by atoms with van der Waals surface area (Å²) in [5.41, 5.74) is 2.59. The molecular weight excluding hydrogens is 222 g/mol. The maximum Gasteiger partial charge on any atom is 0.191 e. The van der Waals surface area contributed by atoms with E-state index in [4.69, 9.17) is 0 Å². The Bertz CT molecular complexity index is 389. The number of aliphatic imine (C=N–C) groups is 1. The lowest BCUT2D eigenvalue weighted by molar-refractivity contribution is 0.613. The largest absolute Gasteiger partial charge is 0.354 e. The third-order valence-corrected chi connectivity index (χ3v) is 3.50. The van der Waals surface area contributed by atoms with Crippen LogP contribution in [0.5, 0.6) is 0 Å². The van der Waals surface area contributed by atoms with Crippen LogP contribution in [0.3, 0.4) is 0 Å². The molecule has 1 aliphatic carbocycles. The Morgan fingerprint density at radius 3 is 2.50 bits per heavy atom. The first kappa shape index (κ1) is 12.9. The third-order valence-electron chi connectivity index (χ3n) is 3.50. The third kappa shape index (κ3) is 3.76. The number of hydrogen-bond donors (Lipinski definition) is 2. The second kappa shape index (κ2) is 6.43. The second-order valence-electron chi connectivity index (χ2n) is 5.04. The molecule has 98 valence electrons. The van der Waals surface area contributed by atoms with E-state index in [-0.39, 0.29) is 0 Å². The van der Waals surface area contributed by atoms with Crippen LogP contribution >= 0.6 is 0 Å². The molecule has 0 bridgehead atoms. The summed E-state index contributed by atoms with van der Waals surface area (Å²) >= 11 is 0. The number of rotatable bonds is 3. The molecule has 1 aliphatic rings. The van der Waals surface area contributed by atoms with Gasteiger partial charge in [-0.25, -0.2) is 0 Å². The lowest BCUT2D eigenvalue weighted by Gasteiger charge is -2.16. The van der Waals surface area contributed by atoms with Crippen LogP contribution in [0.1, 0.15) is 36.8 Å². The molecule has 3 heteroatoms. The highest BCUT2D eigenvalue weighted by Gasteiger charge is 2.15. The molecule has 2 rings (SSSR count). The fraction of sp³-hybridized carbons (Fsp3) is 0.533. The van der Waals surface area contributed by atoms with E-state index in [0.29, 0.717) is 6.04 Å². The van der Waals surface area contributed by atoms with E-state index >= 15 is 0 Å². The van der Waals surface area contributed by atoms with Gasteiger partial charge in [-0.05, 0) is 25.3 Å². The van der Waals surface area contributed by atoms with Crippen LogP contribution in [0.2, 0.25) is 0 Å². The van der Waals surface area contributed by atoms with Gasteiger partial charge in [-0.2, -0.15) is 0 Å². The molecule has 0 atom stereocenters. The Labute approximate surface area is 110 Å². The van der Waals surface area contributed by atoms with Crippen molar-refractivity contribution in [1.82, 2.24) is 10.6 Å². The zero-order valence-corrected chi connectivity index (χ0v) is 11.4. The predicted molar refractivity (Wildman–Crippen MR) is 76.8 cm³/mol. The summed E-state index contributed by atoms with van der Waals surface area (Å²) in [5, 5.41) is 6.86. The molecule has 3 nitrogen and oxygen atoms in total. The highest BCUT2D eigenvalue weighted by Crippen LogP contribution is 2.17. The summed E-state index contributed by atoms with van der Waals surface area (Å²) in [6.45, 7) is 2.93. The highest BCUT2D eigenvalue weighted by atomic mass is 15.2. The van der Waals surface area contributed by atoms with Crippen LogP contribution in [0.4, 0.5) is 0 Å². The van der Waals surface area contributed by atoms with Gasteiger partial charge in [0.1, 0.15) is 0 Å². The summed E-state index contributed by atoms with van der Waals surface area (Å²) in [4.78, 5) is 4.28. The van der Waals surface area contributed by atoms with Crippen molar-refractivity contribution >= 4 is 5.96 Å². The van der Waals surface area contributed by atoms with Crippen molar-refractivity contribution in [2.45, 2.75) is 45.2 Å². The highest BCUT2D eigenvalue weighted by molar-refractivity contribution is 5.79. The zero-order chi connectivity index (χ0) is 12.8. The normalized spacial score (nSPS) is 16.9. The molecule has 0 amide bonds. The van der Waals surface area contributed by atoms with Crippen molar-refractivity contribution in [3.8, 4) is 0 Å². The molecule has 0 aromatic heterocycles. The van der Waals surface area contributed by atoms with Gasteiger partial charge in [-0.15, -0.1) is 0 Å². The molecule has 1 fully saturated rings. The lowest BCUT2D eigenvalue weighted by atomic mass is 10.1. The standard InChI is InChI=1S/C15H23N3/c1-12-7-9-13(10-8-12)11-17-15(16-2)18-14-5-3-4-6-14/h7-10,14H,3-6,11H2,1-2H3,(H2,16,17,18). The number of guanidine groups is 1. The van der Waals surface area contributed by atoms with Crippen LogP contribution in [0.25, 0.3) is 0 Å². The average Bonchev–Trinajstić information content (AvgIpc) is 2.89. The van der Waals surface area contributed by atoms with Crippen LogP contribution in [-0.2, 0) is 6.54 Å². The van der Waals surface area contributed by atoms with Crippen LogP contribution in [0, 0.1) is 6.92 Å². The first-order chi connectivity index (χ1) is 8.78. The summed E-state index contributed by atoms with van der Waals surface area (Å²) in [5.74, 6) is 0.919. The predicted octanol–water partition coefficient (Wildman–Crippen LogP) is 2.60. The fourth-order valence-electron chi connectivity index (χ4n) is 2.35. The van der Waals surface area contributed by atoms with Gasteiger partial charge in [0.05, 0.1) is 0 Å². The lowest BCUT2D eigenvalue weighted by Crippen LogP contribution is -2.41. The number of nitrogens with one attached hydrogen (secondary N) is 2. The quantitative estimate of drug-likeness (QED) is 0.634. The SMILES string of the molecule is CN=C(NCc1ccc(C)cc1)NC1CCCC1. The Hall–Kier alpha value is -1.51. The molecule has 1 saturated carbocycles. The second-order valence-corrected chi connectivity index (χ2v) is 5.04. The first-order valence-corrected chi connectivity index (χ1v) is 6.80. The number of benzene rings is 1. The maximum atomic E-state index is 4.28. The minimum atomic E-state index is 0.606. The van der Waals surface area contributed by atoms with Crippen LogP contribution < -0.4 is 10.6 Å². The molecular formula is C15H23N3. The van der Waals surface area contributed by atoms with Crippen molar-refractivity contribution in [3.05, 3.63) is 35.4 Å². The molecule has 1 aromatic rings. The summed E-state index contributed by atoms with van der Waals surface area (Å²) < 4.78 is 0. The van der Waals surface area contributed by atoms with Gasteiger partial charge in [-0.3, -0.25) is 4.99 Å². The summed E-state index contributed by atoms with van der Waals surface area (Å²) in [6, 6.07) is 9.21. The van der Waals surface area contributed by atoms with Gasteiger partial charge in [-0.1, -0.05) is 42.7 Å². The zero-order valence-electron chi connectivity index (χ0n) is 11.4. The molecule has 2 N–H and O–H groups in total. The smallest absolute Gasteiger partial charge is 0.191 e. The van der Waals surface area contributed by atoms with E-state index in [0.717, 1.165) is 12.5 Å². The van der Waals surface area contributed by atoms with E-state index in [2.05, 4.69) is 46.8 Å². The molecule has 0 spiro atoms. The molecule has 0 unspecified atom stereocenters. The van der Waals surface area contributed by atoms with Gasteiger partial charge in [0.2, 0.25) is 0 Å². The van der Waals surface area contributed by atoms with Gasteiger partial charge < -0.3 is 10.6 Å². The molecule has 0 aliphatic heterocycles. The molecule has 0 heterocycles. The minimum absolute atomic E-state index is 0.606. The van der Waals surface area contributed by atoms with Crippen molar-refractivity contribution < 1.29 is 0 Å².